The number of benzene rings is 2. The first-order valence-electron chi connectivity index (χ1n) is 6.93. The van der Waals surface area contributed by atoms with E-state index in [1.165, 1.54) is 29.7 Å². The highest BCUT2D eigenvalue weighted by Gasteiger charge is 2.18. The molecule has 0 radical (unpaired) electrons. The Hall–Kier alpha value is -1.96. The van der Waals surface area contributed by atoms with Crippen LogP contribution < -0.4 is 5.32 Å². The molecular weight excluding hydrogens is 234 g/mol. The maximum absolute atomic E-state index is 9.30. The first kappa shape index (κ1) is 12.1. The van der Waals surface area contributed by atoms with Crippen molar-refractivity contribution in [3.63, 3.8) is 0 Å². The van der Waals surface area contributed by atoms with Crippen LogP contribution in [0.25, 0.3) is 0 Å². The summed E-state index contributed by atoms with van der Waals surface area (Å²) in [5.74, 6) is 0.988. The molecule has 1 heterocycles. The third-order valence-corrected chi connectivity index (χ3v) is 3.93. The number of hydrogen-bond donors (Lipinski definition) is 2. The molecule has 2 nitrogen and oxygen atoms in total. The number of phenolic OH excluding ortho intramolecular Hbond substituents is 1. The first-order valence-corrected chi connectivity index (χ1v) is 6.93. The highest BCUT2D eigenvalue weighted by Crippen LogP contribution is 2.34. The van der Waals surface area contributed by atoms with Crippen molar-refractivity contribution in [3.05, 3.63) is 59.7 Å². The molecule has 0 bridgehead atoms. The molecule has 0 unspecified atom stereocenters. The lowest BCUT2D eigenvalue weighted by molar-refractivity contribution is 0.475. The lowest BCUT2D eigenvalue weighted by Gasteiger charge is -2.26. The van der Waals surface area contributed by atoms with Crippen LogP contribution in [-0.2, 0) is 6.42 Å². The van der Waals surface area contributed by atoms with Crippen molar-refractivity contribution in [3.8, 4) is 5.75 Å². The molecule has 3 rings (SSSR count). The summed E-state index contributed by atoms with van der Waals surface area (Å²) in [6.07, 6.45) is 3.44. The maximum atomic E-state index is 9.30. The zero-order valence-electron chi connectivity index (χ0n) is 11.0. The van der Waals surface area contributed by atoms with Gasteiger partial charge in [0.1, 0.15) is 5.75 Å². The van der Waals surface area contributed by atoms with Crippen molar-refractivity contribution in [2.24, 2.45) is 0 Å². The van der Waals surface area contributed by atoms with Gasteiger partial charge < -0.3 is 10.4 Å². The lowest BCUT2D eigenvalue weighted by Crippen LogP contribution is -2.17. The minimum atomic E-state index is 0.343. The molecule has 2 aromatic rings. The molecule has 0 saturated heterocycles. The Morgan fingerprint density at radius 1 is 1.05 bits per heavy atom. The highest BCUT2D eigenvalue weighted by molar-refractivity contribution is 5.54. The van der Waals surface area contributed by atoms with E-state index in [1.807, 2.05) is 12.1 Å². The summed E-state index contributed by atoms with van der Waals surface area (Å²) < 4.78 is 0. The number of fused-ring (bicyclic) bond motifs is 1. The average molecular weight is 253 g/mol. The van der Waals surface area contributed by atoms with E-state index in [2.05, 4.69) is 29.6 Å². The Morgan fingerprint density at radius 3 is 2.68 bits per heavy atom. The number of rotatable bonds is 3. The van der Waals surface area contributed by atoms with Crippen LogP contribution in [0.5, 0.6) is 5.75 Å². The topological polar surface area (TPSA) is 32.3 Å². The van der Waals surface area contributed by atoms with Crippen LogP contribution >= 0.6 is 0 Å². The number of hydrogen-bond acceptors (Lipinski definition) is 2. The summed E-state index contributed by atoms with van der Waals surface area (Å²) in [6.45, 7) is 1.07. The standard InChI is InChI=1S/C17H19NO/c19-15-9-6-13(7-10-15)5-8-14-11-12-18-17-4-2-1-3-16(14)17/h1-4,6-7,9-10,14,18-19H,5,8,11-12H2/t14-/m0/s1. The molecule has 1 aliphatic rings. The van der Waals surface area contributed by atoms with Crippen LogP contribution in [0.1, 0.15) is 29.9 Å². The molecule has 19 heavy (non-hydrogen) atoms. The van der Waals surface area contributed by atoms with E-state index in [-0.39, 0.29) is 0 Å². The molecule has 0 spiro atoms. The molecule has 0 amide bonds. The molecule has 0 aliphatic carbocycles. The molecule has 2 N–H and O–H groups in total. The zero-order chi connectivity index (χ0) is 13.1. The number of nitrogens with one attached hydrogen (secondary N) is 1. The van der Waals surface area contributed by atoms with E-state index in [4.69, 9.17) is 0 Å². The zero-order valence-corrected chi connectivity index (χ0v) is 11.0. The average Bonchev–Trinajstić information content (AvgIpc) is 2.47. The van der Waals surface area contributed by atoms with E-state index >= 15 is 0 Å². The van der Waals surface area contributed by atoms with Gasteiger partial charge in [-0.25, -0.2) is 0 Å². The van der Waals surface area contributed by atoms with Crippen molar-refractivity contribution in [1.29, 1.82) is 0 Å². The first-order chi connectivity index (χ1) is 9.33. The van der Waals surface area contributed by atoms with Gasteiger partial charge >= 0.3 is 0 Å². The molecule has 0 fully saturated rings. The summed E-state index contributed by atoms with van der Waals surface area (Å²) in [7, 11) is 0. The lowest BCUT2D eigenvalue weighted by atomic mass is 9.86. The van der Waals surface area contributed by atoms with Gasteiger partial charge in [0.15, 0.2) is 0 Å². The smallest absolute Gasteiger partial charge is 0.115 e. The van der Waals surface area contributed by atoms with Crippen LogP contribution in [0.2, 0.25) is 0 Å². The van der Waals surface area contributed by atoms with Crippen LogP contribution in [0.3, 0.4) is 0 Å². The quantitative estimate of drug-likeness (QED) is 0.868. The van der Waals surface area contributed by atoms with Gasteiger partial charge in [0, 0.05) is 12.2 Å². The minimum absolute atomic E-state index is 0.343. The van der Waals surface area contributed by atoms with Gasteiger partial charge in [0.25, 0.3) is 0 Å². The Kier molecular flexibility index (Phi) is 3.41. The predicted molar refractivity (Wildman–Crippen MR) is 78.7 cm³/mol. The Balaban J connectivity index is 1.69. The fourth-order valence-electron chi connectivity index (χ4n) is 2.85. The Morgan fingerprint density at radius 2 is 1.84 bits per heavy atom. The van der Waals surface area contributed by atoms with Gasteiger partial charge in [-0.2, -0.15) is 0 Å². The number of para-hydroxylation sites is 1. The summed E-state index contributed by atoms with van der Waals surface area (Å²) in [5.41, 5.74) is 4.05. The van der Waals surface area contributed by atoms with Crippen LogP contribution in [0.15, 0.2) is 48.5 Å². The van der Waals surface area contributed by atoms with Crippen LogP contribution in [0, 0.1) is 0 Å². The molecule has 98 valence electrons. The van der Waals surface area contributed by atoms with E-state index in [0.717, 1.165) is 13.0 Å². The third kappa shape index (κ3) is 2.73. The predicted octanol–water partition coefficient (Wildman–Crippen LogP) is 3.92. The fourth-order valence-corrected chi connectivity index (χ4v) is 2.85. The van der Waals surface area contributed by atoms with E-state index in [0.29, 0.717) is 11.7 Å². The second-order valence-corrected chi connectivity index (χ2v) is 5.20. The largest absolute Gasteiger partial charge is 0.508 e. The van der Waals surface area contributed by atoms with Crippen molar-refractivity contribution >= 4 is 5.69 Å². The van der Waals surface area contributed by atoms with Crippen LogP contribution in [0.4, 0.5) is 5.69 Å². The minimum Gasteiger partial charge on any atom is -0.508 e. The molecule has 1 aliphatic heterocycles. The highest BCUT2D eigenvalue weighted by atomic mass is 16.3. The SMILES string of the molecule is Oc1ccc(CC[C@H]2CCNc3ccccc32)cc1. The van der Waals surface area contributed by atoms with E-state index in [1.54, 1.807) is 12.1 Å². The Bertz CT molecular complexity index is 547. The van der Waals surface area contributed by atoms with Gasteiger partial charge in [0.05, 0.1) is 0 Å². The molecule has 0 aromatic heterocycles. The van der Waals surface area contributed by atoms with E-state index < -0.39 is 0 Å². The van der Waals surface area contributed by atoms with E-state index in [9.17, 15) is 5.11 Å². The number of aromatic hydroxyl groups is 1. The van der Waals surface area contributed by atoms with Gasteiger partial charge in [-0.05, 0) is 54.5 Å². The maximum Gasteiger partial charge on any atom is 0.115 e. The summed E-state index contributed by atoms with van der Waals surface area (Å²) in [6, 6.07) is 16.2. The fraction of sp³-hybridized carbons (Fsp3) is 0.294. The Labute approximate surface area is 114 Å². The number of phenols is 1. The monoisotopic (exact) mass is 253 g/mol. The van der Waals surface area contributed by atoms with Crippen molar-refractivity contribution in [2.45, 2.75) is 25.2 Å². The molecule has 2 aromatic carbocycles. The van der Waals surface area contributed by atoms with Gasteiger partial charge in [-0.1, -0.05) is 30.3 Å². The molecule has 0 saturated carbocycles. The molecule has 1 atom stereocenters. The van der Waals surface area contributed by atoms with Crippen molar-refractivity contribution < 1.29 is 5.11 Å². The van der Waals surface area contributed by atoms with Gasteiger partial charge in [-0.3, -0.25) is 0 Å². The summed E-state index contributed by atoms with van der Waals surface area (Å²) >= 11 is 0. The van der Waals surface area contributed by atoms with Gasteiger partial charge in [-0.15, -0.1) is 0 Å². The molecule has 2 heteroatoms. The summed E-state index contributed by atoms with van der Waals surface area (Å²) in [4.78, 5) is 0. The van der Waals surface area contributed by atoms with Gasteiger partial charge in [0.2, 0.25) is 0 Å². The molecular formula is C17H19NO. The second-order valence-electron chi connectivity index (χ2n) is 5.20. The van der Waals surface area contributed by atoms with Crippen molar-refractivity contribution in [2.75, 3.05) is 11.9 Å². The normalized spacial score (nSPS) is 17.6. The second kappa shape index (κ2) is 5.35. The van der Waals surface area contributed by atoms with Crippen molar-refractivity contribution in [1.82, 2.24) is 0 Å². The third-order valence-electron chi connectivity index (χ3n) is 3.93. The number of aryl methyl sites for hydroxylation is 1. The van der Waals surface area contributed by atoms with Crippen LogP contribution in [-0.4, -0.2) is 11.7 Å². The summed E-state index contributed by atoms with van der Waals surface area (Å²) in [5, 5.41) is 12.8. The number of anilines is 1.